The van der Waals surface area contributed by atoms with Gasteiger partial charge in [0.2, 0.25) is 5.75 Å². The molecule has 0 aliphatic rings. The van der Waals surface area contributed by atoms with Crippen molar-refractivity contribution in [1.82, 2.24) is 5.43 Å². The van der Waals surface area contributed by atoms with Crippen LogP contribution in [0.25, 0.3) is 0 Å². The standard InChI is InChI=1S/C16H15N3O5/c1-2-24-14-9-11(8-13(15(14)20)19(22)23)10-17-18-16(21)12-6-4-3-5-7-12/h3-10,20H,2H2,1H3,(H,18,21). The van der Waals surface area contributed by atoms with Gasteiger partial charge in [0.25, 0.3) is 5.91 Å². The number of ether oxygens (including phenoxy) is 1. The third-order valence-corrected chi connectivity index (χ3v) is 2.99. The lowest BCUT2D eigenvalue weighted by Crippen LogP contribution is -2.17. The van der Waals surface area contributed by atoms with Crippen molar-refractivity contribution in [3.05, 3.63) is 63.7 Å². The summed E-state index contributed by atoms with van der Waals surface area (Å²) in [5.74, 6) is -0.986. The van der Waals surface area contributed by atoms with E-state index in [4.69, 9.17) is 4.74 Å². The zero-order valence-electron chi connectivity index (χ0n) is 12.8. The first kappa shape index (κ1) is 16.9. The molecule has 0 saturated carbocycles. The maximum atomic E-state index is 11.8. The number of phenolic OH excluding ortho intramolecular Hbond substituents is 1. The number of hydrogen-bond acceptors (Lipinski definition) is 6. The fourth-order valence-corrected chi connectivity index (χ4v) is 1.91. The van der Waals surface area contributed by atoms with E-state index in [1.165, 1.54) is 12.3 Å². The summed E-state index contributed by atoms with van der Waals surface area (Å²) in [6.07, 6.45) is 1.23. The number of benzene rings is 2. The summed E-state index contributed by atoms with van der Waals surface area (Å²) in [5.41, 5.74) is 2.55. The third kappa shape index (κ3) is 4.07. The molecule has 0 unspecified atom stereocenters. The zero-order chi connectivity index (χ0) is 17.5. The van der Waals surface area contributed by atoms with Gasteiger partial charge in [0.05, 0.1) is 17.7 Å². The molecule has 0 aliphatic heterocycles. The van der Waals surface area contributed by atoms with Gasteiger partial charge in [-0.1, -0.05) is 18.2 Å². The van der Waals surface area contributed by atoms with Gasteiger partial charge < -0.3 is 9.84 Å². The fraction of sp³-hybridized carbons (Fsp3) is 0.125. The first-order valence-corrected chi connectivity index (χ1v) is 7.05. The number of hydrazone groups is 1. The summed E-state index contributed by atoms with van der Waals surface area (Å²) in [5, 5.41) is 24.5. The number of nitro benzene ring substituents is 1. The van der Waals surface area contributed by atoms with Crippen LogP contribution in [0, 0.1) is 10.1 Å². The molecule has 8 heteroatoms. The largest absolute Gasteiger partial charge is 0.500 e. The summed E-state index contributed by atoms with van der Waals surface area (Å²) in [6, 6.07) is 11.0. The Labute approximate surface area is 137 Å². The molecule has 0 spiro atoms. The number of rotatable bonds is 6. The Kier molecular flexibility index (Phi) is 5.45. The number of carbonyl (C=O) groups is 1. The Bertz CT molecular complexity index is 775. The van der Waals surface area contributed by atoms with E-state index >= 15 is 0 Å². The predicted octanol–water partition coefficient (Wildman–Crippen LogP) is 2.46. The Balaban J connectivity index is 2.19. The molecule has 24 heavy (non-hydrogen) atoms. The van der Waals surface area contributed by atoms with Crippen molar-refractivity contribution in [1.29, 1.82) is 0 Å². The van der Waals surface area contributed by atoms with E-state index < -0.39 is 22.3 Å². The van der Waals surface area contributed by atoms with Crippen LogP contribution >= 0.6 is 0 Å². The van der Waals surface area contributed by atoms with E-state index in [1.54, 1.807) is 37.3 Å². The van der Waals surface area contributed by atoms with Gasteiger partial charge in [0, 0.05) is 17.2 Å². The number of phenols is 1. The fourth-order valence-electron chi connectivity index (χ4n) is 1.91. The molecule has 2 rings (SSSR count). The van der Waals surface area contributed by atoms with Gasteiger partial charge in [0.15, 0.2) is 5.75 Å². The zero-order valence-corrected chi connectivity index (χ0v) is 12.8. The van der Waals surface area contributed by atoms with Crippen molar-refractivity contribution in [3.8, 4) is 11.5 Å². The van der Waals surface area contributed by atoms with Gasteiger partial charge in [-0.15, -0.1) is 0 Å². The molecule has 0 atom stereocenters. The van der Waals surface area contributed by atoms with Crippen LogP contribution in [0.3, 0.4) is 0 Å². The van der Waals surface area contributed by atoms with Gasteiger partial charge in [-0.2, -0.15) is 5.10 Å². The van der Waals surface area contributed by atoms with Crippen molar-refractivity contribution < 1.29 is 19.6 Å². The molecule has 0 bridgehead atoms. The van der Waals surface area contributed by atoms with Gasteiger partial charge in [0.1, 0.15) is 0 Å². The van der Waals surface area contributed by atoms with E-state index in [0.29, 0.717) is 11.1 Å². The van der Waals surface area contributed by atoms with Crippen molar-refractivity contribution in [3.63, 3.8) is 0 Å². The highest BCUT2D eigenvalue weighted by molar-refractivity contribution is 5.95. The Morgan fingerprint density at radius 3 is 2.71 bits per heavy atom. The SMILES string of the molecule is CCOc1cc(C=NNC(=O)c2ccccc2)cc([N+](=O)[O-])c1O. The van der Waals surface area contributed by atoms with E-state index in [0.717, 1.165) is 6.07 Å². The number of nitrogens with one attached hydrogen (secondary N) is 1. The molecule has 2 N–H and O–H groups in total. The van der Waals surface area contributed by atoms with Crippen LogP contribution in [0.4, 0.5) is 5.69 Å². The molecule has 0 aliphatic carbocycles. The monoisotopic (exact) mass is 329 g/mol. The van der Waals surface area contributed by atoms with Crippen LogP contribution in [-0.4, -0.2) is 28.8 Å². The lowest BCUT2D eigenvalue weighted by Gasteiger charge is -2.07. The predicted molar refractivity (Wildman–Crippen MR) is 87.4 cm³/mol. The average Bonchev–Trinajstić information content (AvgIpc) is 2.58. The summed E-state index contributed by atoms with van der Waals surface area (Å²) in [7, 11) is 0. The molecule has 2 aromatic carbocycles. The maximum absolute atomic E-state index is 11.8. The van der Waals surface area contributed by atoms with Gasteiger partial charge in [-0.3, -0.25) is 14.9 Å². The highest BCUT2D eigenvalue weighted by Gasteiger charge is 2.19. The molecule has 0 saturated heterocycles. The van der Waals surface area contributed by atoms with Crippen LogP contribution < -0.4 is 10.2 Å². The van der Waals surface area contributed by atoms with Gasteiger partial charge >= 0.3 is 5.69 Å². The van der Waals surface area contributed by atoms with Crippen molar-refractivity contribution >= 4 is 17.8 Å². The molecule has 0 aromatic heterocycles. The average molecular weight is 329 g/mol. The number of nitrogens with zero attached hydrogens (tertiary/aromatic N) is 2. The summed E-state index contributed by atoms with van der Waals surface area (Å²) >= 11 is 0. The van der Waals surface area contributed by atoms with E-state index in [-0.39, 0.29) is 12.4 Å². The number of amides is 1. The van der Waals surface area contributed by atoms with E-state index in [1.807, 2.05) is 0 Å². The van der Waals surface area contributed by atoms with Crippen LogP contribution in [0.2, 0.25) is 0 Å². The minimum atomic E-state index is -0.724. The minimum absolute atomic E-state index is 0.0254. The third-order valence-electron chi connectivity index (χ3n) is 2.99. The second kappa shape index (κ2) is 7.73. The lowest BCUT2D eigenvalue weighted by molar-refractivity contribution is -0.386. The molecular formula is C16H15N3O5. The summed E-state index contributed by atoms with van der Waals surface area (Å²) in [4.78, 5) is 22.1. The first-order chi connectivity index (χ1) is 11.5. The number of hydrogen-bond donors (Lipinski definition) is 2. The number of nitro groups is 1. The lowest BCUT2D eigenvalue weighted by atomic mass is 10.2. The molecule has 8 nitrogen and oxygen atoms in total. The summed E-state index contributed by atoms with van der Waals surface area (Å²) < 4.78 is 5.16. The first-order valence-electron chi connectivity index (χ1n) is 7.05. The van der Waals surface area contributed by atoms with E-state index in [2.05, 4.69) is 10.5 Å². The molecule has 0 radical (unpaired) electrons. The van der Waals surface area contributed by atoms with Crippen molar-refractivity contribution in [2.45, 2.75) is 6.92 Å². The van der Waals surface area contributed by atoms with Crippen LogP contribution in [0.15, 0.2) is 47.6 Å². The topological polar surface area (TPSA) is 114 Å². The number of aromatic hydroxyl groups is 1. The Hall–Kier alpha value is -3.42. The second-order valence-corrected chi connectivity index (χ2v) is 4.64. The second-order valence-electron chi connectivity index (χ2n) is 4.64. The number of carbonyl (C=O) groups excluding carboxylic acids is 1. The van der Waals surface area contributed by atoms with Gasteiger partial charge in [-0.05, 0) is 25.1 Å². The smallest absolute Gasteiger partial charge is 0.315 e. The molecular weight excluding hydrogens is 314 g/mol. The highest BCUT2D eigenvalue weighted by atomic mass is 16.6. The normalized spacial score (nSPS) is 10.5. The van der Waals surface area contributed by atoms with Crippen LogP contribution in [0.5, 0.6) is 11.5 Å². The molecule has 2 aromatic rings. The van der Waals surface area contributed by atoms with Crippen molar-refractivity contribution in [2.75, 3.05) is 6.61 Å². The Morgan fingerprint density at radius 1 is 1.38 bits per heavy atom. The van der Waals surface area contributed by atoms with Crippen LogP contribution in [-0.2, 0) is 0 Å². The molecule has 124 valence electrons. The van der Waals surface area contributed by atoms with Crippen molar-refractivity contribution in [2.24, 2.45) is 5.10 Å². The summed E-state index contributed by atoms with van der Waals surface area (Å²) in [6.45, 7) is 1.92. The molecule has 0 heterocycles. The highest BCUT2D eigenvalue weighted by Crippen LogP contribution is 2.36. The Morgan fingerprint density at radius 2 is 2.08 bits per heavy atom. The van der Waals surface area contributed by atoms with E-state index in [9.17, 15) is 20.0 Å². The van der Waals surface area contributed by atoms with Gasteiger partial charge in [-0.25, -0.2) is 5.43 Å². The molecule has 1 amide bonds. The quantitative estimate of drug-likeness (QED) is 0.480. The maximum Gasteiger partial charge on any atom is 0.315 e. The minimum Gasteiger partial charge on any atom is -0.500 e. The molecule has 0 fully saturated rings. The van der Waals surface area contributed by atoms with Crippen LogP contribution in [0.1, 0.15) is 22.8 Å².